The van der Waals surface area contributed by atoms with Gasteiger partial charge >= 0.3 is 0 Å². The number of fused-ring (bicyclic) bond motifs is 4. The van der Waals surface area contributed by atoms with Crippen molar-refractivity contribution in [3.05, 3.63) is 108 Å². The number of aliphatic hydroxyl groups excluding tert-OH is 1. The summed E-state index contributed by atoms with van der Waals surface area (Å²) in [4.78, 5) is 6.98. The Morgan fingerprint density at radius 3 is 2.44 bits per heavy atom. The molecule has 3 aromatic carbocycles. The van der Waals surface area contributed by atoms with Gasteiger partial charge in [-0.05, 0) is 65.6 Å². The van der Waals surface area contributed by atoms with Crippen LogP contribution in [-0.2, 0) is 0 Å². The van der Waals surface area contributed by atoms with E-state index in [1.165, 1.54) is 23.1 Å². The molecule has 3 fully saturated rings. The average molecular weight is 447 g/mol. The lowest BCUT2D eigenvalue weighted by atomic mass is 9.73. The highest BCUT2D eigenvalue weighted by Crippen LogP contribution is 2.42. The molecule has 2 bridgehead atoms. The third-order valence-corrected chi connectivity index (χ3v) is 7.77. The molecule has 0 spiro atoms. The van der Waals surface area contributed by atoms with E-state index in [-0.39, 0.29) is 6.04 Å². The summed E-state index contributed by atoms with van der Waals surface area (Å²) in [5.41, 5.74) is 5.71. The first kappa shape index (κ1) is 21.3. The summed E-state index contributed by atoms with van der Waals surface area (Å²) in [6, 6.07) is 29.6. The molecule has 7 rings (SSSR count). The quantitative estimate of drug-likeness (QED) is 0.388. The Hall–Kier alpha value is -3.27. The summed E-state index contributed by atoms with van der Waals surface area (Å²) >= 11 is 0. The van der Waals surface area contributed by atoms with Gasteiger partial charge in [0.25, 0.3) is 0 Å². The fourth-order valence-electron chi connectivity index (χ4n) is 5.89. The van der Waals surface area contributed by atoms with Crippen LogP contribution >= 0.6 is 0 Å². The second kappa shape index (κ2) is 9.17. The summed E-state index contributed by atoms with van der Waals surface area (Å²) < 4.78 is 0. The lowest BCUT2D eigenvalue weighted by Gasteiger charge is -2.50. The largest absolute Gasteiger partial charge is 0.387 e. The van der Waals surface area contributed by atoms with Gasteiger partial charge in [-0.25, -0.2) is 0 Å². The molecule has 3 nitrogen and oxygen atoms in total. The monoisotopic (exact) mass is 446 g/mol. The third-order valence-electron chi connectivity index (χ3n) is 7.77. The van der Waals surface area contributed by atoms with E-state index < -0.39 is 6.10 Å². The van der Waals surface area contributed by atoms with Crippen molar-refractivity contribution >= 4 is 17.0 Å². The molecule has 3 heteroatoms. The molecule has 3 aliphatic heterocycles. The van der Waals surface area contributed by atoms with Gasteiger partial charge in [-0.2, -0.15) is 0 Å². The van der Waals surface area contributed by atoms with Gasteiger partial charge in [0.1, 0.15) is 0 Å². The van der Waals surface area contributed by atoms with Crippen molar-refractivity contribution in [1.29, 1.82) is 0 Å². The molecule has 3 aliphatic rings. The Balaban J connectivity index is 1.15. The molecule has 170 valence electrons. The molecule has 1 N–H and O–H groups in total. The van der Waals surface area contributed by atoms with Crippen LogP contribution in [0.25, 0.3) is 28.1 Å². The number of hydrogen-bond acceptors (Lipinski definition) is 3. The molecule has 0 aliphatic carbocycles. The zero-order valence-corrected chi connectivity index (χ0v) is 19.3. The van der Waals surface area contributed by atoms with Crippen molar-refractivity contribution in [3.8, 4) is 11.1 Å². The van der Waals surface area contributed by atoms with Crippen LogP contribution in [0.1, 0.15) is 30.1 Å². The molecule has 5 atom stereocenters. The van der Waals surface area contributed by atoms with E-state index in [4.69, 9.17) is 0 Å². The predicted molar refractivity (Wildman–Crippen MR) is 139 cm³/mol. The van der Waals surface area contributed by atoms with Crippen LogP contribution in [0.2, 0.25) is 0 Å². The summed E-state index contributed by atoms with van der Waals surface area (Å²) in [6.45, 7) is 2.10. The minimum Gasteiger partial charge on any atom is -0.387 e. The highest BCUT2D eigenvalue weighted by molar-refractivity contribution is 5.82. The predicted octanol–water partition coefficient (Wildman–Crippen LogP) is 6.36. The number of para-hydroxylation sites is 1. The number of nitrogens with zero attached hydrogens (tertiary/aromatic N) is 2. The summed E-state index contributed by atoms with van der Waals surface area (Å²) in [5, 5.41) is 12.5. The van der Waals surface area contributed by atoms with Gasteiger partial charge < -0.3 is 5.11 Å². The van der Waals surface area contributed by atoms with Crippen LogP contribution in [0.15, 0.2) is 97.2 Å². The molecule has 1 aromatic heterocycles. The van der Waals surface area contributed by atoms with Crippen molar-refractivity contribution in [2.24, 2.45) is 11.8 Å². The number of pyridine rings is 1. The number of piperidine rings is 3. The van der Waals surface area contributed by atoms with Crippen LogP contribution in [0, 0.1) is 11.8 Å². The van der Waals surface area contributed by atoms with Crippen LogP contribution in [-0.4, -0.2) is 34.1 Å². The molecule has 4 unspecified atom stereocenters. The van der Waals surface area contributed by atoms with Crippen molar-refractivity contribution < 1.29 is 5.11 Å². The Bertz CT molecular complexity index is 1290. The SMILES string of the molecule is O[C@@H](c1ccnc2ccccc12)C1CC2CCN1CC2/C=C/c1ccc(-c2ccccc2)cc1. The zero-order valence-electron chi connectivity index (χ0n) is 19.3. The Labute approximate surface area is 201 Å². The van der Waals surface area contributed by atoms with Crippen molar-refractivity contribution in [1.82, 2.24) is 9.88 Å². The van der Waals surface area contributed by atoms with E-state index >= 15 is 0 Å². The van der Waals surface area contributed by atoms with Gasteiger partial charge in [0, 0.05) is 24.2 Å². The molecule has 4 heterocycles. The number of aromatic nitrogens is 1. The Morgan fingerprint density at radius 1 is 0.882 bits per heavy atom. The third kappa shape index (κ3) is 4.06. The highest BCUT2D eigenvalue weighted by Gasteiger charge is 2.42. The highest BCUT2D eigenvalue weighted by atomic mass is 16.3. The van der Waals surface area contributed by atoms with E-state index in [0.29, 0.717) is 11.8 Å². The summed E-state index contributed by atoms with van der Waals surface area (Å²) in [6.07, 6.45) is 8.28. The van der Waals surface area contributed by atoms with E-state index in [0.717, 1.165) is 36.0 Å². The maximum Gasteiger partial charge on any atom is 0.0952 e. The van der Waals surface area contributed by atoms with Crippen molar-refractivity contribution in [2.75, 3.05) is 13.1 Å². The molecule has 0 saturated carbocycles. The van der Waals surface area contributed by atoms with E-state index in [1.54, 1.807) is 0 Å². The normalized spacial score (nSPS) is 25.1. The van der Waals surface area contributed by atoms with Gasteiger partial charge in [-0.15, -0.1) is 0 Å². The van der Waals surface area contributed by atoms with Gasteiger partial charge in [-0.3, -0.25) is 9.88 Å². The van der Waals surface area contributed by atoms with Crippen LogP contribution in [0.3, 0.4) is 0 Å². The number of rotatable bonds is 5. The minimum absolute atomic E-state index is 0.180. The van der Waals surface area contributed by atoms with E-state index in [1.807, 2.05) is 30.5 Å². The Morgan fingerprint density at radius 2 is 1.65 bits per heavy atom. The van der Waals surface area contributed by atoms with Gasteiger partial charge in [-0.1, -0.05) is 84.9 Å². The number of benzene rings is 3. The van der Waals surface area contributed by atoms with Crippen LogP contribution in [0.5, 0.6) is 0 Å². The zero-order chi connectivity index (χ0) is 22.9. The molecule has 4 aromatic rings. The first-order valence-corrected chi connectivity index (χ1v) is 12.4. The lowest BCUT2D eigenvalue weighted by Crippen LogP contribution is -2.54. The molecule has 0 radical (unpaired) electrons. The molecule has 34 heavy (non-hydrogen) atoms. The molecule has 0 amide bonds. The van der Waals surface area contributed by atoms with Crippen molar-refractivity contribution in [2.45, 2.75) is 25.0 Å². The summed E-state index contributed by atoms with van der Waals surface area (Å²) in [5.74, 6) is 1.16. The van der Waals surface area contributed by atoms with Gasteiger partial charge in [0.15, 0.2) is 0 Å². The topological polar surface area (TPSA) is 36.4 Å². The average Bonchev–Trinajstić information content (AvgIpc) is 2.92. The molecule has 3 saturated heterocycles. The maximum absolute atomic E-state index is 11.4. The van der Waals surface area contributed by atoms with E-state index in [2.05, 4.69) is 82.7 Å². The van der Waals surface area contributed by atoms with E-state index in [9.17, 15) is 5.11 Å². The van der Waals surface area contributed by atoms with Crippen molar-refractivity contribution in [3.63, 3.8) is 0 Å². The number of hydrogen-bond donors (Lipinski definition) is 1. The lowest BCUT2D eigenvalue weighted by molar-refractivity contribution is -0.0444. The maximum atomic E-state index is 11.4. The van der Waals surface area contributed by atoms with Crippen LogP contribution < -0.4 is 0 Å². The standard InChI is InChI=1S/C31H30N2O/c34-31(28-16-18-32-29-9-5-4-8-27(28)29)30-20-25-17-19-33(30)21-26(25)15-12-22-10-13-24(14-11-22)23-6-2-1-3-7-23/h1-16,18,25-26,30-31,34H,17,19-21H2/b15-12+/t25?,26?,30?,31-/m0/s1. The number of aliphatic hydroxyl groups is 1. The fourth-order valence-corrected chi connectivity index (χ4v) is 5.89. The second-order valence-electron chi connectivity index (χ2n) is 9.72. The first-order chi connectivity index (χ1) is 16.8. The minimum atomic E-state index is -0.480. The molecular formula is C31H30N2O. The first-order valence-electron chi connectivity index (χ1n) is 12.4. The molecular weight excluding hydrogens is 416 g/mol. The van der Waals surface area contributed by atoms with Gasteiger partial charge in [0.05, 0.1) is 11.6 Å². The smallest absolute Gasteiger partial charge is 0.0952 e. The fraction of sp³-hybridized carbons (Fsp3) is 0.258. The second-order valence-corrected chi connectivity index (χ2v) is 9.72. The Kier molecular flexibility index (Phi) is 5.74. The summed E-state index contributed by atoms with van der Waals surface area (Å²) in [7, 11) is 0. The van der Waals surface area contributed by atoms with Gasteiger partial charge in [0.2, 0.25) is 0 Å². The van der Waals surface area contributed by atoms with Crippen LogP contribution in [0.4, 0.5) is 0 Å².